The van der Waals surface area contributed by atoms with Crippen molar-refractivity contribution >= 4 is 11.8 Å². The lowest BCUT2D eigenvalue weighted by Crippen LogP contribution is -2.13. The van der Waals surface area contributed by atoms with Crippen LogP contribution in [0.2, 0.25) is 0 Å². The maximum absolute atomic E-state index is 11.7. The predicted octanol–water partition coefficient (Wildman–Crippen LogP) is 2.79. The number of hydrogen-bond acceptors (Lipinski definition) is 7. The van der Waals surface area contributed by atoms with Crippen LogP contribution < -0.4 is 4.74 Å². The van der Waals surface area contributed by atoms with Gasteiger partial charge in [-0.2, -0.15) is 0 Å². The van der Waals surface area contributed by atoms with E-state index in [4.69, 9.17) is 9.84 Å². The van der Waals surface area contributed by atoms with Crippen LogP contribution >= 0.6 is 0 Å². The molecule has 162 valence electrons. The number of tetrazole rings is 1. The van der Waals surface area contributed by atoms with Gasteiger partial charge in [0.25, 0.3) is 0 Å². The lowest BCUT2D eigenvalue weighted by atomic mass is 9.97. The summed E-state index contributed by atoms with van der Waals surface area (Å²) in [5.41, 5.74) is 2.80. The number of carboxylic acids is 1. The summed E-state index contributed by atoms with van der Waals surface area (Å²) in [4.78, 5) is 22.6. The number of aromatic hydroxyl groups is 1. The van der Waals surface area contributed by atoms with Gasteiger partial charge >= 0.3 is 5.97 Å². The van der Waals surface area contributed by atoms with Gasteiger partial charge in [0.2, 0.25) is 0 Å². The number of aliphatic carboxylic acids is 1. The van der Waals surface area contributed by atoms with E-state index < -0.39 is 5.97 Å². The minimum absolute atomic E-state index is 0.0323. The Morgan fingerprint density at radius 2 is 1.87 bits per heavy atom. The van der Waals surface area contributed by atoms with Gasteiger partial charge in [0.05, 0.1) is 5.56 Å². The Labute approximate surface area is 179 Å². The lowest BCUT2D eigenvalue weighted by molar-refractivity contribution is -0.138. The van der Waals surface area contributed by atoms with Crippen LogP contribution in [0.4, 0.5) is 0 Å². The third-order valence-corrected chi connectivity index (χ3v) is 4.83. The molecule has 1 heterocycles. The zero-order valence-electron chi connectivity index (χ0n) is 17.4. The number of benzene rings is 2. The second-order valence-electron chi connectivity index (χ2n) is 7.16. The number of rotatable bonds is 10. The van der Waals surface area contributed by atoms with Gasteiger partial charge in [-0.15, -0.1) is 5.10 Å². The number of carboxylic acid groups (broad SMARTS) is 1. The van der Waals surface area contributed by atoms with Gasteiger partial charge in [-0.05, 0) is 53.1 Å². The van der Waals surface area contributed by atoms with Crippen LogP contribution in [0.25, 0.3) is 0 Å². The van der Waals surface area contributed by atoms with Gasteiger partial charge < -0.3 is 14.9 Å². The van der Waals surface area contributed by atoms with Crippen LogP contribution in [0.15, 0.2) is 36.4 Å². The Morgan fingerprint density at radius 3 is 2.52 bits per heavy atom. The fourth-order valence-electron chi connectivity index (χ4n) is 3.27. The van der Waals surface area contributed by atoms with Crippen molar-refractivity contribution in [1.82, 2.24) is 20.2 Å². The van der Waals surface area contributed by atoms with Crippen molar-refractivity contribution in [2.75, 3.05) is 0 Å². The summed E-state index contributed by atoms with van der Waals surface area (Å²) in [5, 5.41) is 30.5. The Kier molecular flexibility index (Phi) is 6.96. The van der Waals surface area contributed by atoms with Crippen LogP contribution in [0.3, 0.4) is 0 Å². The summed E-state index contributed by atoms with van der Waals surface area (Å²) in [5.74, 6) is -0.0490. The molecule has 0 spiro atoms. The number of phenols is 1. The molecule has 9 heteroatoms. The summed E-state index contributed by atoms with van der Waals surface area (Å²) >= 11 is 0. The van der Waals surface area contributed by atoms with Crippen molar-refractivity contribution < 1.29 is 24.5 Å². The number of carbonyl (C=O) groups excluding carboxylic acids is 1. The Bertz CT molecular complexity index is 1080. The molecule has 0 saturated heterocycles. The lowest BCUT2D eigenvalue weighted by Gasteiger charge is -2.14. The highest BCUT2D eigenvalue weighted by Crippen LogP contribution is 2.29. The van der Waals surface area contributed by atoms with Crippen molar-refractivity contribution in [3.8, 4) is 11.5 Å². The molecule has 0 amide bonds. The van der Waals surface area contributed by atoms with E-state index in [0.29, 0.717) is 30.0 Å². The molecule has 0 aliphatic heterocycles. The fourth-order valence-corrected chi connectivity index (χ4v) is 3.27. The van der Waals surface area contributed by atoms with Gasteiger partial charge in [-0.3, -0.25) is 9.59 Å². The van der Waals surface area contributed by atoms with E-state index in [1.165, 1.54) is 11.6 Å². The van der Waals surface area contributed by atoms with Gasteiger partial charge in [0.15, 0.2) is 11.6 Å². The highest BCUT2D eigenvalue weighted by Gasteiger charge is 2.15. The predicted molar refractivity (Wildman–Crippen MR) is 111 cm³/mol. The molecule has 0 saturated carbocycles. The van der Waals surface area contributed by atoms with Crippen molar-refractivity contribution in [3.05, 3.63) is 64.5 Å². The Morgan fingerprint density at radius 1 is 1.13 bits per heavy atom. The zero-order chi connectivity index (χ0) is 22.4. The highest BCUT2D eigenvalue weighted by molar-refractivity contribution is 5.97. The molecule has 2 N–H and O–H groups in total. The standard InChI is InChI=1S/C22H24N4O5/c1-3-4-19-16(7-10-18(14(2)27)22(19)30)13-31-17-8-5-15(6-9-17)11-20-23-24-25-26(20)12-21(28)29/h5-10,30H,3-4,11-13H2,1-2H3,(H,28,29). The first-order chi connectivity index (χ1) is 14.9. The van der Waals surface area contributed by atoms with E-state index in [1.807, 2.05) is 37.3 Å². The maximum Gasteiger partial charge on any atom is 0.325 e. The summed E-state index contributed by atoms with van der Waals surface area (Å²) < 4.78 is 7.13. The van der Waals surface area contributed by atoms with Crippen molar-refractivity contribution in [3.63, 3.8) is 0 Å². The van der Waals surface area contributed by atoms with Crippen molar-refractivity contribution in [2.45, 2.75) is 46.3 Å². The molecule has 0 aliphatic carbocycles. The summed E-state index contributed by atoms with van der Waals surface area (Å²) in [7, 11) is 0. The largest absolute Gasteiger partial charge is 0.507 e. The Hall–Kier alpha value is -3.75. The van der Waals surface area contributed by atoms with Gasteiger partial charge in [-0.1, -0.05) is 31.5 Å². The number of nitrogens with zero attached hydrogens (tertiary/aromatic N) is 4. The minimum Gasteiger partial charge on any atom is -0.507 e. The van der Waals surface area contributed by atoms with Crippen LogP contribution in [-0.4, -0.2) is 42.2 Å². The van der Waals surface area contributed by atoms with Crippen LogP contribution in [0, 0.1) is 0 Å². The second kappa shape index (κ2) is 9.84. The van der Waals surface area contributed by atoms with Gasteiger partial charge in [-0.25, -0.2) is 4.68 Å². The van der Waals surface area contributed by atoms with E-state index in [0.717, 1.165) is 23.1 Å². The molecule has 3 rings (SSSR count). The van der Waals surface area contributed by atoms with Crippen LogP contribution in [-0.2, 0) is 30.8 Å². The summed E-state index contributed by atoms with van der Waals surface area (Å²) in [6, 6.07) is 10.8. The van der Waals surface area contributed by atoms with E-state index in [2.05, 4.69) is 15.5 Å². The molecule has 0 radical (unpaired) electrons. The third kappa shape index (κ3) is 5.44. The van der Waals surface area contributed by atoms with Crippen molar-refractivity contribution in [1.29, 1.82) is 0 Å². The van der Waals surface area contributed by atoms with E-state index in [1.54, 1.807) is 6.07 Å². The Balaban J connectivity index is 1.68. The first-order valence-electron chi connectivity index (χ1n) is 9.92. The van der Waals surface area contributed by atoms with E-state index >= 15 is 0 Å². The van der Waals surface area contributed by atoms with E-state index in [9.17, 15) is 14.7 Å². The first-order valence-corrected chi connectivity index (χ1v) is 9.92. The molecule has 0 bridgehead atoms. The second-order valence-corrected chi connectivity index (χ2v) is 7.16. The first kappa shape index (κ1) is 21.9. The number of ketones is 1. The summed E-state index contributed by atoms with van der Waals surface area (Å²) in [6.07, 6.45) is 1.87. The molecule has 9 nitrogen and oxygen atoms in total. The number of aromatic nitrogens is 4. The molecular formula is C22H24N4O5. The van der Waals surface area contributed by atoms with Crippen molar-refractivity contribution in [2.24, 2.45) is 0 Å². The van der Waals surface area contributed by atoms with E-state index in [-0.39, 0.29) is 24.7 Å². The molecule has 0 unspecified atom stereocenters. The molecule has 0 fully saturated rings. The summed E-state index contributed by atoms with van der Waals surface area (Å²) in [6.45, 7) is 3.41. The average Bonchev–Trinajstić information content (AvgIpc) is 3.15. The van der Waals surface area contributed by atoms with Gasteiger partial charge in [0.1, 0.15) is 24.7 Å². The molecule has 31 heavy (non-hydrogen) atoms. The van der Waals surface area contributed by atoms with Gasteiger partial charge in [0, 0.05) is 12.0 Å². The third-order valence-electron chi connectivity index (χ3n) is 4.83. The van der Waals surface area contributed by atoms with Crippen LogP contribution in [0.1, 0.15) is 53.1 Å². The molecule has 1 aromatic heterocycles. The topological polar surface area (TPSA) is 127 Å². The molecule has 0 aliphatic rings. The molecule has 0 atom stereocenters. The number of hydrogen-bond donors (Lipinski definition) is 2. The number of ether oxygens (including phenoxy) is 1. The SMILES string of the molecule is CCCc1c(COc2ccc(Cc3nnnn3CC(=O)O)cc2)ccc(C(C)=O)c1O. The monoisotopic (exact) mass is 424 g/mol. The normalized spacial score (nSPS) is 10.8. The quantitative estimate of drug-likeness (QED) is 0.476. The highest BCUT2D eigenvalue weighted by atomic mass is 16.5. The number of carbonyl (C=O) groups is 2. The maximum atomic E-state index is 11.7. The molecule has 2 aromatic carbocycles. The van der Waals surface area contributed by atoms with Crippen LogP contribution in [0.5, 0.6) is 11.5 Å². The molecular weight excluding hydrogens is 400 g/mol. The molecule has 3 aromatic rings. The smallest absolute Gasteiger partial charge is 0.325 e. The fraction of sp³-hybridized carbons (Fsp3) is 0.318. The minimum atomic E-state index is -1.01. The number of phenolic OH excluding ortho intramolecular Hbond substituents is 1. The average molecular weight is 424 g/mol. The number of Topliss-reactive ketones (excluding diaryl/α,β-unsaturated/α-hetero) is 1. The zero-order valence-corrected chi connectivity index (χ0v) is 17.4.